The number of hydrogen-bond acceptors (Lipinski definition) is 4. The van der Waals surface area contributed by atoms with Gasteiger partial charge in [-0.2, -0.15) is 4.31 Å². The number of benzene rings is 1. The number of carbonyl (C=O) groups excluding carboxylic acids is 1. The Morgan fingerprint density at radius 2 is 1.94 bits per heavy atom. The number of hydrogen-bond donors (Lipinski definition) is 1. The molecule has 8 nitrogen and oxygen atoms in total. The van der Waals surface area contributed by atoms with Gasteiger partial charge in [-0.25, -0.2) is 13.4 Å². The maximum Gasteiger partial charge on any atom is 0.262 e. The first-order valence-corrected chi connectivity index (χ1v) is 12.1. The van der Waals surface area contributed by atoms with Gasteiger partial charge >= 0.3 is 0 Å². The molecule has 31 heavy (non-hydrogen) atoms. The molecule has 0 saturated carbocycles. The summed E-state index contributed by atoms with van der Waals surface area (Å²) in [7, 11) is -1.84. The summed E-state index contributed by atoms with van der Waals surface area (Å²) in [4.78, 5) is 16.7. The zero-order valence-electron chi connectivity index (χ0n) is 18.0. The van der Waals surface area contributed by atoms with Crippen LogP contribution >= 0.6 is 0 Å². The number of rotatable bonds is 7. The number of nitrogens with one attached hydrogen (secondary N) is 1. The molecule has 0 atom stereocenters. The molecule has 1 fully saturated rings. The average molecular weight is 444 g/mol. The Bertz CT molecular complexity index is 1150. The van der Waals surface area contributed by atoms with Crippen LogP contribution in [0.3, 0.4) is 0 Å². The Balaban J connectivity index is 1.24. The Hall–Kier alpha value is -2.65. The molecule has 0 unspecified atom stereocenters. The first-order valence-electron chi connectivity index (χ1n) is 10.7. The lowest BCUT2D eigenvalue weighted by Crippen LogP contribution is -2.43. The molecule has 1 aliphatic heterocycles. The lowest BCUT2D eigenvalue weighted by atomic mass is 9.97. The molecule has 0 bridgehead atoms. The Kier molecular flexibility index (Phi) is 6.15. The van der Waals surface area contributed by atoms with Gasteiger partial charge in [-0.1, -0.05) is 18.2 Å². The predicted molar refractivity (Wildman–Crippen MR) is 119 cm³/mol. The summed E-state index contributed by atoms with van der Waals surface area (Å²) in [5, 5.41) is 4.32. The first kappa shape index (κ1) is 21.6. The first-order chi connectivity index (χ1) is 14.9. The molecule has 2 aromatic heterocycles. The Labute approximate surface area is 182 Å². The van der Waals surface area contributed by atoms with Crippen LogP contribution < -0.4 is 5.32 Å². The van der Waals surface area contributed by atoms with Crippen LogP contribution in [0.4, 0.5) is 0 Å². The third-order valence-corrected chi connectivity index (χ3v) is 7.84. The summed E-state index contributed by atoms with van der Waals surface area (Å²) < 4.78 is 30.9. The number of fused-ring (bicyclic) bond motifs is 1. The number of nitrogens with zero attached hydrogens (tertiary/aromatic N) is 4. The second-order valence-corrected chi connectivity index (χ2v) is 10.0. The second kappa shape index (κ2) is 8.84. The van der Waals surface area contributed by atoms with Gasteiger partial charge in [0.1, 0.15) is 5.82 Å². The van der Waals surface area contributed by atoms with Crippen molar-refractivity contribution in [2.45, 2.75) is 37.8 Å². The highest BCUT2D eigenvalue weighted by Crippen LogP contribution is 2.23. The van der Waals surface area contributed by atoms with Gasteiger partial charge in [-0.3, -0.25) is 4.79 Å². The maximum atomic E-state index is 12.8. The van der Waals surface area contributed by atoms with E-state index in [4.69, 9.17) is 0 Å². The molecule has 3 aromatic rings. The average Bonchev–Trinajstić information content (AvgIpc) is 3.34. The van der Waals surface area contributed by atoms with E-state index in [0.29, 0.717) is 38.3 Å². The minimum absolute atomic E-state index is 0.0168. The van der Waals surface area contributed by atoms with Crippen LogP contribution in [0, 0.1) is 12.8 Å². The zero-order valence-corrected chi connectivity index (χ0v) is 18.8. The molecule has 3 heterocycles. The number of piperidine rings is 1. The van der Waals surface area contributed by atoms with Crippen molar-refractivity contribution in [2.75, 3.05) is 19.6 Å². The number of para-hydroxylation sites is 1. The normalized spacial score (nSPS) is 16.1. The van der Waals surface area contributed by atoms with Gasteiger partial charge in [0, 0.05) is 57.1 Å². The van der Waals surface area contributed by atoms with Crippen LogP contribution in [-0.4, -0.2) is 52.4 Å². The van der Waals surface area contributed by atoms with E-state index in [0.717, 1.165) is 13.0 Å². The number of aryl methyl sites for hydroxylation is 3. The molecule has 1 saturated heterocycles. The van der Waals surface area contributed by atoms with Gasteiger partial charge in [0.25, 0.3) is 10.0 Å². The van der Waals surface area contributed by atoms with Crippen LogP contribution in [0.25, 0.3) is 10.9 Å². The molecule has 1 amide bonds. The van der Waals surface area contributed by atoms with Crippen molar-refractivity contribution >= 4 is 26.8 Å². The van der Waals surface area contributed by atoms with Gasteiger partial charge in [0.2, 0.25) is 5.91 Å². The van der Waals surface area contributed by atoms with E-state index in [9.17, 15) is 13.2 Å². The van der Waals surface area contributed by atoms with Crippen molar-refractivity contribution in [1.82, 2.24) is 23.7 Å². The molecule has 0 spiro atoms. The lowest BCUT2D eigenvalue weighted by molar-refractivity contribution is -0.126. The van der Waals surface area contributed by atoms with E-state index >= 15 is 0 Å². The lowest BCUT2D eigenvalue weighted by Gasteiger charge is -2.29. The van der Waals surface area contributed by atoms with Crippen LogP contribution in [0.5, 0.6) is 0 Å². The fourth-order valence-electron chi connectivity index (χ4n) is 4.08. The minimum atomic E-state index is -3.61. The van der Waals surface area contributed by atoms with Crippen LogP contribution in [0.1, 0.15) is 25.1 Å². The van der Waals surface area contributed by atoms with E-state index < -0.39 is 10.0 Å². The van der Waals surface area contributed by atoms with E-state index in [-0.39, 0.29) is 16.9 Å². The molecular formula is C22H29N5O3S. The van der Waals surface area contributed by atoms with Gasteiger partial charge < -0.3 is 14.5 Å². The van der Waals surface area contributed by atoms with Gasteiger partial charge in [0.15, 0.2) is 5.03 Å². The molecule has 0 aliphatic carbocycles. The van der Waals surface area contributed by atoms with E-state index in [1.165, 1.54) is 21.4 Å². The molecule has 0 radical (unpaired) electrons. The number of imidazole rings is 1. The van der Waals surface area contributed by atoms with E-state index in [1.807, 2.05) is 12.1 Å². The maximum absolute atomic E-state index is 12.8. The van der Waals surface area contributed by atoms with Crippen molar-refractivity contribution < 1.29 is 13.2 Å². The van der Waals surface area contributed by atoms with Crippen molar-refractivity contribution in [3.05, 3.63) is 48.5 Å². The summed E-state index contributed by atoms with van der Waals surface area (Å²) in [5.74, 6) is 0.521. The van der Waals surface area contributed by atoms with Crippen molar-refractivity contribution in [3.63, 3.8) is 0 Å². The third kappa shape index (κ3) is 4.52. The van der Waals surface area contributed by atoms with Crippen LogP contribution in [0.2, 0.25) is 0 Å². The summed E-state index contributed by atoms with van der Waals surface area (Å²) in [6.07, 6.45) is 5.51. The Morgan fingerprint density at radius 1 is 1.19 bits per heavy atom. The monoisotopic (exact) mass is 443 g/mol. The fourth-order valence-corrected chi connectivity index (χ4v) is 5.58. The zero-order chi connectivity index (χ0) is 22.0. The largest absolute Gasteiger partial charge is 0.356 e. The molecule has 4 rings (SSSR count). The van der Waals surface area contributed by atoms with Gasteiger partial charge in [-0.15, -0.1) is 0 Å². The molecule has 9 heteroatoms. The highest BCUT2D eigenvalue weighted by molar-refractivity contribution is 7.89. The molecule has 1 aromatic carbocycles. The van der Waals surface area contributed by atoms with Gasteiger partial charge in [-0.05, 0) is 43.7 Å². The Morgan fingerprint density at radius 3 is 2.65 bits per heavy atom. The van der Waals surface area contributed by atoms with Crippen molar-refractivity contribution in [3.8, 4) is 0 Å². The SMILES string of the molecule is Cc1nc(S(=O)(=O)N2CCC(C(=O)NCCCn3ccc4ccccc43)CC2)cn1C. The molecule has 1 N–H and O–H groups in total. The summed E-state index contributed by atoms with van der Waals surface area (Å²) in [6, 6.07) is 10.3. The summed E-state index contributed by atoms with van der Waals surface area (Å²) in [5.41, 5.74) is 1.20. The quantitative estimate of drug-likeness (QED) is 0.568. The third-order valence-electron chi connectivity index (χ3n) is 6.07. The highest BCUT2D eigenvalue weighted by Gasteiger charge is 2.33. The predicted octanol–water partition coefficient (Wildman–Crippen LogP) is 2.29. The van der Waals surface area contributed by atoms with Gasteiger partial charge in [0.05, 0.1) is 0 Å². The number of aromatic nitrogens is 3. The van der Waals surface area contributed by atoms with E-state index in [2.05, 4.69) is 39.3 Å². The fraction of sp³-hybridized carbons (Fsp3) is 0.455. The molecule has 166 valence electrons. The van der Waals surface area contributed by atoms with E-state index in [1.54, 1.807) is 18.5 Å². The number of amides is 1. The van der Waals surface area contributed by atoms with Crippen LogP contribution in [-0.2, 0) is 28.4 Å². The standard InChI is InChI=1S/C22H29N5O3S/c1-17-24-21(16-25(17)2)31(29,30)27-14-9-19(10-15-27)22(28)23-11-5-12-26-13-8-18-6-3-4-7-20(18)26/h3-4,6-8,13,16,19H,5,9-12,14-15H2,1-2H3,(H,23,28). The number of carbonyl (C=O) groups is 1. The number of sulfonamides is 1. The topological polar surface area (TPSA) is 89.2 Å². The molecule has 1 aliphatic rings. The molecular weight excluding hydrogens is 414 g/mol. The highest BCUT2D eigenvalue weighted by atomic mass is 32.2. The van der Waals surface area contributed by atoms with Crippen molar-refractivity contribution in [1.29, 1.82) is 0 Å². The summed E-state index contributed by atoms with van der Waals surface area (Å²) >= 11 is 0. The summed E-state index contributed by atoms with van der Waals surface area (Å²) in [6.45, 7) is 3.90. The van der Waals surface area contributed by atoms with Crippen LogP contribution in [0.15, 0.2) is 47.8 Å². The second-order valence-electron chi connectivity index (χ2n) is 8.13. The van der Waals surface area contributed by atoms with Crippen molar-refractivity contribution in [2.24, 2.45) is 13.0 Å². The smallest absolute Gasteiger partial charge is 0.262 e. The minimum Gasteiger partial charge on any atom is -0.356 e.